The molecule has 1 aliphatic heterocycles. The minimum atomic E-state index is -2.88. The molecule has 0 aromatic rings. The normalized spacial score (nSPS) is 21.4. The van der Waals surface area contributed by atoms with Crippen LogP contribution in [0.1, 0.15) is 47.0 Å². The molecular formula is C15H25F2NO4. The van der Waals surface area contributed by atoms with Crippen molar-refractivity contribution in [2.45, 2.75) is 58.5 Å². The zero-order valence-corrected chi connectivity index (χ0v) is 13.7. The number of halogens is 2. The summed E-state index contributed by atoms with van der Waals surface area (Å²) < 4.78 is 37.9. The molecule has 7 heteroatoms. The average Bonchev–Trinajstić information content (AvgIpc) is 2.35. The first-order valence-corrected chi connectivity index (χ1v) is 7.56. The molecule has 1 heterocycles. The Bertz CT molecular complexity index is 407. The smallest absolute Gasteiger partial charge is 0.410 e. The van der Waals surface area contributed by atoms with Crippen LogP contribution in [0.4, 0.5) is 13.6 Å². The number of hydrogen-bond acceptors (Lipinski definition) is 4. The predicted molar refractivity (Wildman–Crippen MR) is 76.7 cm³/mol. The highest BCUT2D eigenvalue weighted by Gasteiger charge is 2.45. The first kappa shape index (κ1) is 18.6. The summed E-state index contributed by atoms with van der Waals surface area (Å²) in [6.07, 6.45) is -1.09. The van der Waals surface area contributed by atoms with Gasteiger partial charge >= 0.3 is 12.1 Å². The fraction of sp³-hybridized carbons (Fsp3) is 0.867. The molecule has 0 radical (unpaired) electrons. The summed E-state index contributed by atoms with van der Waals surface area (Å²) in [4.78, 5) is 24.6. The third-order valence-corrected chi connectivity index (χ3v) is 3.41. The number of hydrogen-bond donors (Lipinski definition) is 0. The van der Waals surface area contributed by atoms with E-state index in [-0.39, 0.29) is 32.5 Å². The molecule has 0 spiro atoms. The van der Waals surface area contributed by atoms with Crippen LogP contribution < -0.4 is 0 Å². The van der Waals surface area contributed by atoms with Crippen LogP contribution in [0.5, 0.6) is 0 Å². The van der Waals surface area contributed by atoms with Crippen LogP contribution in [0.2, 0.25) is 0 Å². The van der Waals surface area contributed by atoms with Crippen LogP contribution in [-0.4, -0.2) is 48.2 Å². The molecule has 1 rings (SSSR count). The lowest BCUT2D eigenvalue weighted by Gasteiger charge is -2.38. The van der Waals surface area contributed by atoms with Gasteiger partial charge in [-0.05, 0) is 34.1 Å². The highest BCUT2D eigenvalue weighted by Crippen LogP contribution is 2.36. The van der Waals surface area contributed by atoms with Crippen molar-refractivity contribution in [3.8, 4) is 0 Å². The molecule has 22 heavy (non-hydrogen) atoms. The standard InChI is InChI=1S/C15H25F2NO4/c1-5-21-12(19)7-6-11-10-18(9-8-15(11,16)17)13(20)22-14(2,3)4/h11H,5-10H2,1-4H3. The summed E-state index contributed by atoms with van der Waals surface area (Å²) in [6, 6.07) is 0. The zero-order valence-electron chi connectivity index (χ0n) is 13.7. The molecule has 5 nitrogen and oxygen atoms in total. The first-order chi connectivity index (χ1) is 10.0. The predicted octanol–water partition coefficient (Wildman–Crippen LogP) is 3.22. The number of nitrogens with zero attached hydrogens (tertiary/aromatic N) is 1. The van der Waals surface area contributed by atoms with E-state index in [0.717, 1.165) is 0 Å². The topological polar surface area (TPSA) is 55.8 Å². The van der Waals surface area contributed by atoms with E-state index in [0.29, 0.717) is 0 Å². The minimum absolute atomic E-state index is 0.00880. The highest BCUT2D eigenvalue weighted by atomic mass is 19.3. The highest BCUT2D eigenvalue weighted by molar-refractivity contribution is 5.69. The third kappa shape index (κ3) is 5.77. The molecular weight excluding hydrogens is 296 g/mol. The van der Waals surface area contributed by atoms with Gasteiger partial charge in [0.2, 0.25) is 0 Å². The van der Waals surface area contributed by atoms with Crippen LogP contribution in [-0.2, 0) is 14.3 Å². The lowest BCUT2D eigenvalue weighted by Crippen LogP contribution is -2.50. The van der Waals surface area contributed by atoms with Crippen molar-refractivity contribution in [1.82, 2.24) is 4.90 Å². The van der Waals surface area contributed by atoms with Crippen LogP contribution in [0.25, 0.3) is 0 Å². The van der Waals surface area contributed by atoms with Crippen LogP contribution in [0.3, 0.4) is 0 Å². The molecule has 1 aliphatic rings. The van der Waals surface area contributed by atoms with Gasteiger partial charge in [0.1, 0.15) is 5.60 Å². The van der Waals surface area contributed by atoms with Crippen LogP contribution >= 0.6 is 0 Å². The Labute approximate surface area is 129 Å². The van der Waals surface area contributed by atoms with Gasteiger partial charge in [-0.3, -0.25) is 4.79 Å². The van der Waals surface area contributed by atoms with Crippen LogP contribution in [0.15, 0.2) is 0 Å². The van der Waals surface area contributed by atoms with Crippen molar-refractivity contribution in [1.29, 1.82) is 0 Å². The summed E-state index contributed by atoms with van der Waals surface area (Å²) in [7, 11) is 0. The van der Waals surface area contributed by atoms with Gasteiger partial charge in [0, 0.05) is 31.8 Å². The molecule has 0 N–H and O–H groups in total. The number of amides is 1. The van der Waals surface area contributed by atoms with Crippen molar-refractivity contribution in [2.24, 2.45) is 5.92 Å². The van der Waals surface area contributed by atoms with Crippen molar-refractivity contribution < 1.29 is 27.8 Å². The quantitative estimate of drug-likeness (QED) is 0.746. The van der Waals surface area contributed by atoms with E-state index >= 15 is 0 Å². The van der Waals surface area contributed by atoms with Gasteiger partial charge in [-0.25, -0.2) is 13.6 Å². The number of rotatable bonds is 4. The maximum atomic E-state index is 13.9. The molecule has 128 valence electrons. The fourth-order valence-electron chi connectivity index (χ4n) is 2.30. The van der Waals surface area contributed by atoms with E-state index in [4.69, 9.17) is 9.47 Å². The Balaban J connectivity index is 2.62. The van der Waals surface area contributed by atoms with Gasteiger partial charge in [0.25, 0.3) is 5.92 Å². The van der Waals surface area contributed by atoms with Gasteiger partial charge < -0.3 is 14.4 Å². The van der Waals surface area contributed by atoms with Crippen molar-refractivity contribution >= 4 is 12.1 Å². The number of carbonyl (C=O) groups is 2. The Kier molecular flexibility index (Phi) is 6.14. The fourth-order valence-corrected chi connectivity index (χ4v) is 2.30. The minimum Gasteiger partial charge on any atom is -0.466 e. The van der Waals surface area contributed by atoms with Crippen molar-refractivity contribution in [2.75, 3.05) is 19.7 Å². The molecule has 0 bridgehead atoms. The Morgan fingerprint density at radius 2 is 1.95 bits per heavy atom. The van der Waals surface area contributed by atoms with E-state index in [1.807, 2.05) is 0 Å². The molecule has 0 aliphatic carbocycles. The third-order valence-electron chi connectivity index (χ3n) is 3.41. The first-order valence-electron chi connectivity index (χ1n) is 7.56. The SMILES string of the molecule is CCOC(=O)CCC1CN(C(=O)OC(C)(C)C)CCC1(F)F. The van der Waals surface area contributed by atoms with Crippen molar-refractivity contribution in [3.63, 3.8) is 0 Å². The molecule has 0 aromatic carbocycles. The maximum absolute atomic E-state index is 13.9. The summed E-state index contributed by atoms with van der Waals surface area (Å²) >= 11 is 0. The Morgan fingerprint density at radius 1 is 1.32 bits per heavy atom. The number of esters is 1. The number of carbonyl (C=O) groups excluding carboxylic acids is 2. The lowest BCUT2D eigenvalue weighted by molar-refractivity contribution is -0.145. The summed E-state index contributed by atoms with van der Waals surface area (Å²) in [5, 5.41) is 0. The molecule has 1 amide bonds. The maximum Gasteiger partial charge on any atom is 0.410 e. The van der Waals surface area contributed by atoms with Crippen molar-refractivity contribution in [3.05, 3.63) is 0 Å². The summed E-state index contributed by atoms with van der Waals surface area (Å²) in [5.41, 5.74) is -0.669. The molecule has 1 saturated heterocycles. The Hall–Kier alpha value is -1.40. The largest absolute Gasteiger partial charge is 0.466 e. The number of alkyl halides is 2. The van der Waals surface area contributed by atoms with E-state index in [9.17, 15) is 18.4 Å². The summed E-state index contributed by atoms with van der Waals surface area (Å²) in [5.74, 6) is -4.43. The lowest BCUT2D eigenvalue weighted by atomic mass is 9.89. The van der Waals surface area contributed by atoms with Gasteiger partial charge in [0.05, 0.1) is 6.61 Å². The second kappa shape index (κ2) is 7.24. The van der Waals surface area contributed by atoms with Gasteiger partial charge in [0.15, 0.2) is 0 Å². The molecule has 0 aromatic heterocycles. The number of ether oxygens (including phenoxy) is 2. The second-order valence-electron chi connectivity index (χ2n) is 6.48. The van der Waals surface area contributed by atoms with E-state index in [2.05, 4.69) is 0 Å². The van der Waals surface area contributed by atoms with Gasteiger partial charge in [-0.2, -0.15) is 0 Å². The van der Waals surface area contributed by atoms with E-state index in [1.54, 1.807) is 27.7 Å². The Morgan fingerprint density at radius 3 is 2.50 bits per heavy atom. The second-order valence-corrected chi connectivity index (χ2v) is 6.48. The molecule has 1 fully saturated rings. The average molecular weight is 321 g/mol. The zero-order chi connectivity index (χ0) is 17.0. The van der Waals surface area contributed by atoms with E-state index in [1.165, 1.54) is 4.90 Å². The monoisotopic (exact) mass is 321 g/mol. The van der Waals surface area contributed by atoms with Gasteiger partial charge in [-0.1, -0.05) is 0 Å². The summed E-state index contributed by atoms with van der Waals surface area (Å²) in [6.45, 7) is 6.91. The number of likely N-dealkylation sites (tertiary alicyclic amines) is 1. The molecule has 1 unspecified atom stereocenters. The molecule has 1 atom stereocenters. The van der Waals surface area contributed by atoms with E-state index < -0.39 is 35.9 Å². The van der Waals surface area contributed by atoms with Gasteiger partial charge in [-0.15, -0.1) is 0 Å². The number of piperidine rings is 1. The van der Waals surface area contributed by atoms with Crippen LogP contribution in [0, 0.1) is 5.92 Å². The molecule has 0 saturated carbocycles.